The van der Waals surface area contributed by atoms with E-state index >= 15 is 0 Å². The van der Waals surface area contributed by atoms with E-state index < -0.39 is 27.4 Å². The molecule has 0 radical (unpaired) electrons. The fraction of sp³-hybridized carbons (Fsp3) is 0.0370. The largest absolute Gasteiger partial charge is 0.495 e. The average Bonchev–Trinajstić information content (AvgIpc) is 3.33. The summed E-state index contributed by atoms with van der Waals surface area (Å²) in [6.07, 6.45) is 0. The minimum atomic E-state index is -4.16. The highest BCUT2D eigenvalue weighted by molar-refractivity contribution is 7.92. The summed E-state index contributed by atoms with van der Waals surface area (Å²) < 4.78 is 48.5. The number of rotatable bonds is 7. The Balaban J connectivity index is 1.44. The smallest absolute Gasteiger partial charge is 0.338 e. The van der Waals surface area contributed by atoms with Gasteiger partial charge < -0.3 is 9.84 Å². The second-order valence-corrected chi connectivity index (χ2v) is 10.7. The summed E-state index contributed by atoms with van der Waals surface area (Å²) in [5.74, 6) is -2.72. The highest BCUT2D eigenvalue weighted by Crippen LogP contribution is 2.34. The van der Waals surface area contributed by atoms with Crippen LogP contribution in [0, 0.1) is 5.82 Å². The maximum Gasteiger partial charge on any atom is 0.338 e. The summed E-state index contributed by atoms with van der Waals surface area (Å²) in [4.78, 5) is 15.7. The summed E-state index contributed by atoms with van der Waals surface area (Å²) >= 11 is 1.44. The molecule has 5 rings (SSSR count). The van der Waals surface area contributed by atoms with Crippen molar-refractivity contribution in [3.8, 4) is 27.4 Å². The van der Waals surface area contributed by atoms with E-state index in [2.05, 4.69) is 9.71 Å². The van der Waals surface area contributed by atoms with Crippen molar-refractivity contribution in [3.63, 3.8) is 0 Å². The van der Waals surface area contributed by atoms with E-state index in [-0.39, 0.29) is 16.3 Å². The molecular formula is C27H19FN2O5S2. The van der Waals surface area contributed by atoms with Gasteiger partial charge in [-0.25, -0.2) is 22.6 Å². The van der Waals surface area contributed by atoms with Gasteiger partial charge in [-0.2, -0.15) is 0 Å². The number of hydrogen-bond donors (Lipinski definition) is 2. The number of nitrogens with one attached hydrogen (secondary N) is 1. The average molecular weight is 535 g/mol. The molecule has 186 valence electrons. The van der Waals surface area contributed by atoms with Gasteiger partial charge in [0.1, 0.15) is 16.6 Å². The molecule has 0 aliphatic carbocycles. The number of hydrogen-bond acceptors (Lipinski definition) is 6. The van der Waals surface area contributed by atoms with Crippen LogP contribution in [0.5, 0.6) is 5.75 Å². The molecule has 5 aromatic rings. The molecule has 0 bridgehead atoms. The third-order valence-electron chi connectivity index (χ3n) is 5.67. The Hall–Kier alpha value is -4.28. The second-order valence-electron chi connectivity index (χ2n) is 8.03. The van der Waals surface area contributed by atoms with E-state index in [1.54, 1.807) is 6.07 Å². The van der Waals surface area contributed by atoms with Gasteiger partial charge >= 0.3 is 5.97 Å². The fourth-order valence-electron chi connectivity index (χ4n) is 3.80. The van der Waals surface area contributed by atoms with Gasteiger partial charge in [0.25, 0.3) is 10.0 Å². The van der Waals surface area contributed by atoms with Crippen molar-refractivity contribution in [2.24, 2.45) is 0 Å². The summed E-state index contributed by atoms with van der Waals surface area (Å²) in [7, 11) is -2.93. The zero-order valence-electron chi connectivity index (χ0n) is 19.3. The van der Waals surface area contributed by atoms with Crippen LogP contribution in [0.3, 0.4) is 0 Å². The summed E-state index contributed by atoms with van der Waals surface area (Å²) in [5.41, 5.74) is 2.73. The Morgan fingerprint density at radius 2 is 1.62 bits per heavy atom. The number of carboxylic acids is 1. The number of nitrogens with zero attached hydrogens (tertiary/aromatic N) is 1. The molecule has 0 saturated heterocycles. The van der Waals surface area contributed by atoms with Gasteiger partial charge in [0, 0.05) is 11.6 Å². The van der Waals surface area contributed by atoms with Crippen LogP contribution >= 0.6 is 11.3 Å². The first kappa shape index (κ1) is 24.4. The number of aromatic carboxylic acids is 1. The number of aromatic nitrogens is 1. The Morgan fingerprint density at radius 1 is 0.946 bits per heavy atom. The zero-order chi connectivity index (χ0) is 26.2. The summed E-state index contributed by atoms with van der Waals surface area (Å²) in [6.45, 7) is 0. The molecule has 0 aliphatic rings. The molecule has 1 heterocycles. The van der Waals surface area contributed by atoms with Gasteiger partial charge in [-0.1, -0.05) is 54.6 Å². The van der Waals surface area contributed by atoms with Crippen LogP contribution in [0.25, 0.3) is 31.9 Å². The Morgan fingerprint density at radius 3 is 2.30 bits per heavy atom. The Labute approximate surface area is 215 Å². The molecule has 7 nitrogen and oxygen atoms in total. The number of fused-ring (bicyclic) bond motifs is 1. The highest BCUT2D eigenvalue weighted by Gasteiger charge is 2.22. The molecule has 0 atom stereocenters. The minimum absolute atomic E-state index is 0.0824. The molecule has 0 amide bonds. The monoisotopic (exact) mass is 534 g/mol. The van der Waals surface area contributed by atoms with E-state index in [4.69, 9.17) is 9.84 Å². The lowest BCUT2D eigenvalue weighted by molar-refractivity contribution is 0.0691. The number of sulfonamides is 1. The van der Waals surface area contributed by atoms with Gasteiger partial charge in [-0.15, -0.1) is 11.3 Å². The number of carboxylic acid groups (broad SMARTS) is 1. The maximum atomic E-state index is 14.2. The molecule has 0 fully saturated rings. The SMILES string of the molecule is COc1cc(C(=O)O)c(F)cc1NS(=O)(=O)c1ccc2sc(-c3ccc(-c4ccccc4)cc3)nc2c1. The van der Waals surface area contributed by atoms with Gasteiger partial charge in [-0.05, 0) is 35.4 Å². The molecule has 10 heteroatoms. The van der Waals surface area contributed by atoms with Gasteiger partial charge in [0.2, 0.25) is 0 Å². The Bertz CT molecular complexity index is 1730. The molecule has 0 saturated carbocycles. The molecule has 0 unspecified atom stereocenters. The predicted octanol–water partition coefficient (Wildman–Crippen LogP) is 6.28. The number of thiazole rings is 1. The molecule has 1 aromatic heterocycles. The minimum Gasteiger partial charge on any atom is -0.495 e. The van der Waals surface area contributed by atoms with Crippen LogP contribution in [0.1, 0.15) is 10.4 Å². The van der Waals surface area contributed by atoms with E-state index in [0.29, 0.717) is 5.52 Å². The topological polar surface area (TPSA) is 106 Å². The number of methoxy groups -OCH3 is 1. The lowest BCUT2D eigenvalue weighted by atomic mass is 10.0. The lowest BCUT2D eigenvalue weighted by Gasteiger charge is -2.13. The normalized spacial score (nSPS) is 11.4. The molecule has 37 heavy (non-hydrogen) atoms. The van der Waals surface area contributed by atoms with Crippen LogP contribution in [0.2, 0.25) is 0 Å². The van der Waals surface area contributed by atoms with Crippen LogP contribution < -0.4 is 9.46 Å². The first-order valence-corrected chi connectivity index (χ1v) is 13.3. The number of anilines is 1. The number of benzene rings is 4. The number of ether oxygens (including phenoxy) is 1. The van der Waals surface area contributed by atoms with Crippen molar-refractivity contribution < 1.29 is 27.4 Å². The van der Waals surface area contributed by atoms with Crippen LogP contribution in [0.15, 0.2) is 89.8 Å². The first-order valence-electron chi connectivity index (χ1n) is 11.0. The van der Waals surface area contributed by atoms with Crippen molar-refractivity contribution in [3.05, 3.63) is 96.3 Å². The van der Waals surface area contributed by atoms with Gasteiger partial charge in [0.15, 0.2) is 0 Å². The lowest BCUT2D eigenvalue weighted by Crippen LogP contribution is -2.14. The zero-order valence-corrected chi connectivity index (χ0v) is 20.9. The molecule has 2 N–H and O–H groups in total. The van der Waals surface area contributed by atoms with Crippen LogP contribution in [-0.2, 0) is 10.0 Å². The third-order valence-corrected chi connectivity index (χ3v) is 8.12. The van der Waals surface area contributed by atoms with E-state index in [9.17, 15) is 17.6 Å². The van der Waals surface area contributed by atoms with Crippen molar-refractivity contribution in [1.82, 2.24) is 4.98 Å². The van der Waals surface area contributed by atoms with E-state index in [0.717, 1.165) is 38.5 Å². The quantitative estimate of drug-likeness (QED) is 0.255. The molecular weight excluding hydrogens is 515 g/mol. The second kappa shape index (κ2) is 9.64. The van der Waals surface area contributed by atoms with E-state index in [1.165, 1.54) is 30.6 Å². The number of halogens is 1. The number of carbonyl (C=O) groups is 1. The molecule has 0 aliphatic heterocycles. The summed E-state index contributed by atoms with van der Waals surface area (Å²) in [6, 6.07) is 24.2. The highest BCUT2D eigenvalue weighted by atomic mass is 32.2. The van der Waals surface area contributed by atoms with Crippen LogP contribution in [0.4, 0.5) is 10.1 Å². The summed E-state index contributed by atoms with van der Waals surface area (Å²) in [5, 5.41) is 9.84. The maximum absolute atomic E-state index is 14.2. The standard InChI is InChI=1S/C27H19FN2O5S2/c1-35-24-14-20(27(31)32)21(28)15-22(24)30-37(33,34)19-11-12-25-23(13-19)29-26(36-25)18-9-7-17(8-10-18)16-5-3-2-4-6-16/h2-15,30H,1H3,(H,31,32). The van der Waals surface area contributed by atoms with Gasteiger partial charge in [0.05, 0.1) is 33.5 Å². The molecule has 4 aromatic carbocycles. The van der Waals surface area contributed by atoms with Crippen molar-refractivity contribution >= 4 is 43.2 Å². The van der Waals surface area contributed by atoms with Crippen LogP contribution in [-0.4, -0.2) is 31.6 Å². The fourth-order valence-corrected chi connectivity index (χ4v) is 5.84. The molecule has 0 spiro atoms. The first-order chi connectivity index (χ1) is 17.7. The third kappa shape index (κ3) is 4.89. The predicted molar refractivity (Wildman–Crippen MR) is 141 cm³/mol. The van der Waals surface area contributed by atoms with Crippen molar-refractivity contribution in [1.29, 1.82) is 0 Å². The van der Waals surface area contributed by atoms with E-state index in [1.807, 2.05) is 54.6 Å². The van der Waals surface area contributed by atoms with Crippen molar-refractivity contribution in [2.45, 2.75) is 4.90 Å². The van der Waals surface area contributed by atoms with Crippen molar-refractivity contribution in [2.75, 3.05) is 11.8 Å². The Kier molecular flexibility index (Phi) is 6.36. The van der Waals surface area contributed by atoms with Gasteiger partial charge in [-0.3, -0.25) is 4.72 Å².